The van der Waals surface area contributed by atoms with Crippen LogP contribution in [-0.4, -0.2) is 13.2 Å². The first kappa shape index (κ1) is 11.4. The lowest BCUT2D eigenvalue weighted by atomic mass is 9.89. The molecule has 2 fully saturated rings. The van der Waals surface area contributed by atoms with Gasteiger partial charge in [0.1, 0.15) is 12.2 Å². The molecule has 4 aromatic carbocycles. The second kappa shape index (κ2) is 3.78. The van der Waals surface area contributed by atoms with Crippen LogP contribution in [0.3, 0.4) is 0 Å². The van der Waals surface area contributed by atoms with Crippen molar-refractivity contribution in [2.75, 3.05) is 13.2 Å². The van der Waals surface area contributed by atoms with Crippen molar-refractivity contribution in [2.24, 2.45) is 0 Å². The van der Waals surface area contributed by atoms with Gasteiger partial charge in [0, 0.05) is 0 Å². The van der Waals surface area contributed by atoms with Crippen LogP contribution in [0.15, 0.2) is 48.5 Å². The van der Waals surface area contributed by atoms with Crippen molar-refractivity contribution in [3.8, 4) is 0 Å². The highest BCUT2D eigenvalue weighted by Crippen LogP contribution is 2.44. The number of hydrogen-bond acceptors (Lipinski definition) is 2. The Morgan fingerprint density at radius 2 is 1.00 bits per heavy atom. The third kappa shape index (κ3) is 1.41. The maximum Gasteiger partial charge on any atom is 0.107 e. The van der Waals surface area contributed by atoms with E-state index < -0.39 is 0 Å². The molecule has 2 unspecified atom stereocenters. The van der Waals surface area contributed by atoms with Gasteiger partial charge in [-0.25, -0.2) is 0 Å². The molecule has 0 aliphatic carbocycles. The summed E-state index contributed by atoms with van der Waals surface area (Å²) in [5, 5.41) is 8.06. The second-order valence-corrected chi connectivity index (χ2v) is 6.38. The van der Waals surface area contributed by atoms with Crippen LogP contribution in [-0.2, 0) is 9.47 Å². The van der Waals surface area contributed by atoms with E-state index in [1.807, 2.05) is 0 Å². The maximum absolute atomic E-state index is 5.54. The third-order valence-electron chi connectivity index (χ3n) is 5.09. The van der Waals surface area contributed by atoms with Gasteiger partial charge in [0.25, 0.3) is 0 Å². The summed E-state index contributed by atoms with van der Waals surface area (Å²) in [4.78, 5) is 0. The minimum Gasteiger partial charge on any atom is -0.368 e. The van der Waals surface area contributed by atoms with E-state index in [1.165, 1.54) is 43.4 Å². The van der Waals surface area contributed by atoms with Crippen molar-refractivity contribution < 1.29 is 9.47 Å². The molecule has 6 rings (SSSR count). The molecule has 2 saturated heterocycles. The zero-order chi connectivity index (χ0) is 14.3. The van der Waals surface area contributed by atoms with Crippen LogP contribution in [0.25, 0.3) is 32.3 Å². The molecule has 2 nitrogen and oxygen atoms in total. The van der Waals surface area contributed by atoms with E-state index in [2.05, 4.69) is 48.5 Å². The Morgan fingerprint density at radius 3 is 1.41 bits per heavy atom. The number of benzene rings is 4. The fraction of sp³-hybridized carbons (Fsp3) is 0.200. The lowest BCUT2D eigenvalue weighted by Crippen LogP contribution is -1.91. The maximum atomic E-state index is 5.54. The van der Waals surface area contributed by atoms with Crippen molar-refractivity contribution in [2.45, 2.75) is 12.2 Å². The highest BCUT2D eigenvalue weighted by Gasteiger charge is 2.29. The molecule has 0 saturated carbocycles. The summed E-state index contributed by atoms with van der Waals surface area (Å²) >= 11 is 0. The molecule has 106 valence electrons. The van der Waals surface area contributed by atoms with Crippen LogP contribution >= 0.6 is 0 Å². The van der Waals surface area contributed by atoms with E-state index in [4.69, 9.17) is 9.47 Å². The standard InChI is InChI=1S/C20H14O2/c1-2-12-4-6-14(18-10-22-18)16-8-7-15-13(17-9-21-17)5-3-11(1)19(15)20(12)16/h1-8,17-18H,9-10H2. The molecule has 0 amide bonds. The molecular formula is C20H14O2. The lowest BCUT2D eigenvalue weighted by molar-refractivity contribution is 0.416. The molecule has 2 aliphatic heterocycles. The van der Waals surface area contributed by atoms with Crippen molar-refractivity contribution in [1.82, 2.24) is 0 Å². The van der Waals surface area contributed by atoms with Gasteiger partial charge in [-0.3, -0.25) is 0 Å². The van der Waals surface area contributed by atoms with E-state index in [1.54, 1.807) is 0 Å². The van der Waals surface area contributed by atoms with Gasteiger partial charge in [0.2, 0.25) is 0 Å². The summed E-state index contributed by atoms with van der Waals surface area (Å²) in [6.45, 7) is 1.70. The molecule has 0 radical (unpaired) electrons. The van der Waals surface area contributed by atoms with E-state index in [-0.39, 0.29) is 12.2 Å². The number of rotatable bonds is 2. The Labute approximate surface area is 127 Å². The number of hydrogen-bond donors (Lipinski definition) is 0. The summed E-state index contributed by atoms with van der Waals surface area (Å²) < 4.78 is 11.1. The smallest absolute Gasteiger partial charge is 0.107 e. The topological polar surface area (TPSA) is 25.1 Å². The Hall–Kier alpha value is -2.16. The van der Waals surface area contributed by atoms with E-state index in [0.717, 1.165) is 13.2 Å². The average molecular weight is 286 g/mol. The van der Waals surface area contributed by atoms with Crippen molar-refractivity contribution >= 4 is 32.3 Å². The SMILES string of the molecule is c1cc2ccc3ccc(C4CO4)c4ccc(c1C1CO1)c2c34. The minimum absolute atomic E-state index is 0.288. The Bertz CT molecular complexity index is 957. The van der Waals surface area contributed by atoms with Gasteiger partial charge in [-0.1, -0.05) is 48.5 Å². The summed E-state index contributed by atoms with van der Waals surface area (Å²) in [7, 11) is 0. The van der Waals surface area contributed by atoms with Crippen LogP contribution in [0.4, 0.5) is 0 Å². The first-order chi connectivity index (χ1) is 10.9. The van der Waals surface area contributed by atoms with Gasteiger partial charge >= 0.3 is 0 Å². The fourth-order valence-corrected chi connectivity index (χ4v) is 3.86. The van der Waals surface area contributed by atoms with Crippen molar-refractivity contribution in [3.63, 3.8) is 0 Å². The molecule has 2 heteroatoms. The Kier molecular flexibility index (Phi) is 1.96. The molecule has 0 aromatic heterocycles. The van der Waals surface area contributed by atoms with Crippen LogP contribution in [0.1, 0.15) is 23.3 Å². The predicted molar refractivity (Wildman–Crippen MR) is 87.5 cm³/mol. The number of ether oxygens (including phenoxy) is 2. The normalized spacial score (nSPS) is 23.6. The van der Waals surface area contributed by atoms with Crippen LogP contribution < -0.4 is 0 Å². The van der Waals surface area contributed by atoms with Crippen LogP contribution in [0.5, 0.6) is 0 Å². The molecule has 0 spiro atoms. The van der Waals surface area contributed by atoms with Gasteiger partial charge in [0.05, 0.1) is 13.2 Å². The predicted octanol–water partition coefficient (Wildman–Crippen LogP) is 4.73. The van der Waals surface area contributed by atoms with Crippen molar-refractivity contribution in [1.29, 1.82) is 0 Å². The molecule has 0 N–H and O–H groups in total. The summed E-state index contributed by atoms with van der Waals surface area (Å²) in [5.74, 6) is 0. The van der Waals surface area contributed by atoms with Crippen LogP contribution in [0, 0.1) is 0 Å². The molecule has 2 heterocycles. The monoisotopic (exact) mass is 286 g/mol. The fourth-order valence-electron chi connectivity index (χ4n) is 3.86. The second-order valence-electron chi connectivity index (χ2n) is 6.38. The van der Waals surface area contributed by atoms with Gasteiger partial charge in [0.15, 0.2) is 0 Å². The molecule has 22 heavy (non-hydrogen) atoms. The molecule has 0 bridgehead atoms. The van der Waals surface area contributed by atoms with Gasteiger partial charge in [-0.15, -0.1) is 0 Å². The van der Waals surface area contributed by atoms with E-state index in [9.17, 15) is 0 Å². The summed E-state index contributed by atoms with van der Waals surface area (Å²) in [5.41, 5.74) is 2.66. The zero-order valence-electron chi connectivity index (χ0n) is 12.0. The summed E-state index contributed by atoms with van der Waals surface area (Å²) in [6, 6.07) is 17.9. The zero-order valence-corrected chi connectivity index (χ0v) is 12.0. The van der Waals surface area contributed by atoms with Gasteiger partial charge in [-0.05, 0) is 43.4 Å². The first-order valence-corrected chi connectivity index (χ1v) is 7.84. The van der Waals surface area contributed by atoms with E-state index >= 15 is 0 Å². The quantitative estimate of drug-likeness (QED) is 0.393. The Morgan fingerprint density at radius 1 is 0.591 bits per heavy atom. The molecular weight excluding hydrogens is 272 g/mol. The Balaban J connectivity index is 1.85. The van der Waals surface area contributed by atoms with Gasteiger partial charge in [-0.2, -0.15) is 0 Å². The highest BCUT2D eigenvalue weighted by molar-refractivity contribution is 6.24. The largest absolute Gasteiger partial charge is 0.368 e. The average Bonchev–Trinajstić information content (AvgIpc) is 3.45. The molecule has 2 aliphatic rings. The van der Waals surface area contributed by atoms with Crippen LogP contribution in [0.2, 0.25) is 0 Å². The molecule has 2 atom stereocenters. The lowest BCUT2D eigenvalue weighted by Gasteiger charge is -2.15. The summed E-state index contributed by atoms with van der Waals surface area (Å²) in [6.07, 6.45) is 0.576. The number of epoxide rings is 2. The minimum atomic E-state index is 0.288. The van der Waals surface area contributed by atoms with Crippen molar-refractivity contribution in [3.05, 3.63) is 59.7 Å². The molecule has 4 aromatic rings. The third-order valence-corrected chi connectivity index (χ3v) is 5.09. The first-order valence-electron chi connectivity index (χ1n) is 7.84. The van der Waals surface area contributed by atoms with Gasteiger partial charge < -0.3 is 9.47 Å². The highest BCUT2D eigenvalue weighted by atomic mass is 16.6. The van der Waals surface area contributed by atoms with E-state index in [0.29, 0.717) is 0 Å².